The zero-order valence-corrected chi connectivity index (χ0v) is 17.3. The molecule has 0 saturated heterocycles. The van der Waals surface area contributed by atoms with Crippen LogP contribution in [0.2, 0.25) is 0 Å². The van der Waals surface area contributed by atoms with Crippen LogP contribution in [0, 0.1) is 0 Å². The highest BCUT2D eigenvalue weighted by atomic mass is 32.2. The zero-order chi connectivity index (χ0) is 20.8. The molecule has 30 heavy (non-hydrogen) atoms. The van der Waals surface area contributed by atoms with Gasteiger partial charge in [-0.15, -0.1) is 16.9 Å². The van der Waals surface area contributed by atoms with Gasteiger partial charge >= 0.3 is 0 Å². The van der Waals surface area contributed by atoms with Crippen LogP contribution in [0.3, 0.4) is 0 Å². The Balaban J connectivity index is 1.59. The van der Waals surface area contributed by atoms with Gasteiger partial charge in [0, 0.05) is 29.4 Å². The van der Waals surface area contributed by atoms with Crippen molar-refractivity contribution in [2.75, 3.05) is 6.26 Å². The highest BCUT2D eigenvalue weighted by Gasteiger charge is 2.21. The van der Waals surface area contributed by atoms with E-state index < -0.39 is 0 Å². The molecule has 0 aliphatic heterocycles. The molecule has 2 aromatic carbocycles. The standard InChI is InChI=1S/C23H21N5OS/c1-30-20-9-7-17(8-10-20)15-25-23(29)21-22(19-11-13-24-14-12-19)28(27-26-21)16-18-5-3-2-4-6-18/h2-14H,15-16H2,1H3,(H,25,29). The lowest BCUT2D eigenvalue weighted by molar-refractivity contribution is 0.0946. The number of rotatable bonds is 7. The Morgan fingerprint density at radius 3 is 2.40 bits per heavy atom. The lowest BCUT2D eigenvalue weighted by Crippen LogP contribution is -2.24. The lowest BCUT2D eigenvalue weighted by Gasteiger charge is -2.09. The number of hydrogen-bond acceptors (Lipinski definition) is 5. The smallest absolute Gasteiger partial charge is 0.274 e. The molecule has 0 spiro atoms. The molecule has 2 heterocycles. The van der Waals surface area contributed by atoms with Crippen LogP contribution in [0.4, 0.5) is 0 Å². The summed E-state index contributed by atoms with van der Waals surface area (Å²) in [5.74, 6) is -0.255. The molecule has 0 saturated carbocycles. The normalized spacial score (nSPS) is 10.7. The highest BCUT2D eigenvalue weighted by Crippen LogP contribution is 2.23. The van der Waals surface area contributed by atoms with Gasteiger partial charge in [0.15, 0.2) is 5.69 Å². The monoisotopic (exact) mass is 415 g/mol. The van der Waals surface area contributed by atoms with E-state index in [9.17, 15) is 4.79 Å². The van der Waals surface area contributed by atoms with E-state index in [1.165, 1.54) is 4.90 Å². The average molecular weight is 416 g/mol. The number of carbonyl (C=O) groups excluding carboxylic acids is 1. The molecule has 0 bridgehead atoms. The number of thioether (sulfide) groups is 1. The van der Waals surface area contributed by atoms with E-state index in [1.807, 2.05) is 73.0 Å². The fourth-order valence-electron chi connectivity index (χ4n) is 3.14. The second kappa shape index (κ2) is 9.37. The summed E-state index contributed by atoms with van der Waals surface area (Å²) in [5.41, 5.74) is 3.94. The molecule has 150 valence electrons. The van der Waals surface area contributed by atoms with Crippen LogP contribution in [0.1, 0.15) is 21.6 Å². The minimum Gasteiger partial charge on any atom is -0.346 e. The van der Waals surface area contributed by atoms with Gasteiger partial charge in [-0.1, -0.05) is 47.7 Å². The predicted octanol–water partition coefficient (Wildman–Crippen LogP) is 4.04. The number of nitrogens with one attached hydrogen (secondary N) is 1. The van der Waals surface area contributed by atoms with Crippen molar-refractivity contribution < 1.29 is 4.79 Å². The van der Waals surface area contributed by atoms with Crippen LogP contribution in [0.25, 0.3) is 11.3 Å². The maximum Gasteiger partial charge on any atom is 0.274 e. The van der Waals surface area contributed by atoms with Crippen LogP contribution in [0.15, 0.2) is 84.0 Å². The van der Waals surface area contributed by atoms with E-state index in [-0.39, 0.29) is 5.91 Å². The first-order valence-corrected chi connectivity index (χ1v) is 10.8. The Kier molecular flexibility index (Phi) is 6.20. The first-order valence-electron chi connectivity index (χ1n) is 9.53. The van der Waals surface area contributed by atoms with Crippen molar-refractivity contribution in [3.63, 3.8) is 0 Å². The topological polar surface area (TPSA) is 72.7 Å². The van der Waals surface area contributed by atoms with E-state index in [4.69, 9.17) is 0 Å². The molecule has 0 unspecified atom stereocenters. The number of benzene rings is 2. The number of hydrogen-bond donors (Lipinski definition) is 1. The number of pyridine rings is 1. The van der Waals surface area contributed by atoms with Crippen molar-refractivity contribution in [3.8, 4) is 11.3 Å². The largest absolute Gasteiger partial charge is 0.346 e. The van der Waals surface area contributed by atoms with Crippen molar-refractivity contribution in [2.24, 2.45) is 0 Å². The maximum atomic E-state index is 13.0. The van der Waals surface area contributed by atoms with E-state index in [0.717, 1.165) is 16.7 Å². The van der Waals surface area contributed by atoms with Gasteiger partial charge in [0.25, 0.3) is 5.91 Å². The Labute approximate surface area is 179 Å². The maximum absolute atomic E-state index is 13.0. The highest BCUT2D eigenvalue weighted by molar-refractivity contribution is 7.98. The van der Waals surface area contributed by atoms with Gasteiger partial charge in [-0.3, -0.25) is 9.78 Å². The Morgan fingerprint density at radius 2 is 1.70 bits per heavy atom. The zero-order valence-electron chi connectivity index (χ0n) is 16.5. The van der Waals surface area contributed by atoms with Crippen molar-refractivity contribution in [3.05, 3.63) is 95.9 Å². The average Bonchev–Trinajstić information content (AvgIpc) is 3.22. The van der Waals surface area contributed by atoms with Crippen molar-refractivity contribution in [1.82, 2.24) is 25.3 Å². The molecule has 7 heteroatoms. The second-order valence-corrected chi connectivity index (χ2v) is 7.58. The third-order valence-electron chi connectivity index (χ3n) is 4.69. The molecule has 2 aromatic heterocycles. The number of aromatic nitrogens is 4. The fourth-order valence-corrected chi connectivity index (χ4v) is 3.55. The fraction of sp³-hybridized carbons (Fsp3) is 0.130. The first-order chi connectivity index (χ1) is 14.7. The van der Waals surface area contributed by atoms with Gasteiger partial charge < -0.3 is 5.32 Å². The van der Waals surface area contributed by atoms with Gasteiger partial charge in [-0.25, -0.2) is 4.68 Å². The van der Waals surface area contributed by atoms with Gasteiger partial charge in [0.2, 0.25) is 0 Å². The van der Waals surface area contributed by atoms with Crippen LogP contribution >= 0.6 is 11.8 Å². The third kappa shape index (κ3) is 4.58. The SMILES string of the molecule is CSc1ccc(CNC(=O)c2nnn(Cc3ccccc3)c2-c2ccncc2)cc1. The summed E-state index contributed by atoms with van der Waals surface area (Å²) in [6.45, 7) is 0.948. The summed E-state index contributed by atoms with van der Waals surface area (Å²) in [4.78, 5) is 18.2. The van der Waals surface area contributed by atoms with Crippen LogP contribution < -0.4 is 5.32 Å². The van der Waals surface area contributed by atoms with Crippen LogP contribution in [-0.2, 0) is 13.1 Å². The van der Waals surface area contributed by atoms with E-state index >= 15 is 0 Å². The molecule has 0 aliphatic rings. The Hall–Kier alpha value is -3.45. The quantitative estimate of drug-likeness (QED) is 0.461. The second-order valence-electron chi connectivity index (χ2n) is 6.70. The molecule has 4 rings (SSSR count). The minimum atomic E-state index is -0.255. The van der Waals surface area contributed by atoms with Gasteiger partial charge in [-0.05, 0) is 41.6 Å². The molecule has 1 N–H and O–H groups in total. The summed E-state index contributed by atoms with van der Waals surface area (Å²) >= 11 is 1.69. The van der Waals surface area contributed by atoms with Crippen molar-refractivity contribution in [2.45, 2.75) is 18.0 Å². The number of nitrogens with zero attached hydrogens (tertiary/aromatic N) is 4. The van der Waals surface area contributed by atoms with Crippen molar-refractivity contribution in [1.29, 1.82) is 0 Å². The number of carbonyl (C=O) groups is 1. The Bertz CT molecular complexity index is 1110. The molecule has 0 fully saturated rings. The molecule has 0 atom stereocenters. The minimum absolute atomic E-state index is 0.255. The molecule has 0 aliphatic carbocycles. The molecule has 1 amide bonds. The van der Waals surface area contributed by atoms with Crippen molar-refractivity contribution >= 4 is 17.7 Å². The third-order valence-corrected chi connectivity index (χ3v) is 5.43. The summed E-state index contributed by atoms with van der Waals surface area (Å²) in [7, 11) is 0. The molecule has 6 nitrogen and oxygen atoms in total. The number of amides is 1. The summed E-state index contributed by atoms with van der Waals surface area (Å²) in [6, 6.07) is 21.8. The summed E-state index contributed by atoms with van der Waals surface area (Å²) in [5, 5.41) is 11.4. The Morgan fingerprint density at radius 1 is 0.967 bits per heavy atom. The van der Waals surface area contributed by atoms with Gasteiger partial charge in [-0.2, -0.15) is 0 Å². The van der Waals surface area contributed by atoms with E-state index in [1.54, 1.807) is 28.8 Å². The molecular weight excluding hydrogens is 394 g/mol. The summed E-state index contributed by atoms with van der Waals surface area (Å²) in [6.07, 6.45) is 5.44. The summed E-state index contributed by atoms with van der Waals surface area (Å²) < 4.78 is 1.76. The van der Waals surface area contributed by atoms with Gasteiger partial charge in [0.1, 0.15) is 5.69 Å². The molecule has 0 radical (unpaired) electrons. The van der Waals surface area contributed by atoms with E-state index in [2.05, 4.69) is 20.6 Å². The molecular formula is C23H21N5OS. The first kappa shape index (κ1) is 19.8. The van der Waals surface area contributed by atoms with Gasteiger partial charge in [0.05, 0.1) is 6.54 Å². The molecule has 4 aromatic rings. The predicted molar refractivity (Wildman–Crippen MR) is 118 cm³/mol. The van der Waals surface area contributed by atoms with E-state index in [0.29, 0.717) is 24.5 Å². The van der Waals surface area contributed by atoms with Crippen LogP contribution in [-0.4, -0.2) is 32.1 Å². The lowest BCUT2D eigenvalue weighted by atomic mass is 10.1. The van der Waals surface area contributed by atoms with Crippen LogP contribution in [0.5, 0.6) is 0 Å².